The molecular formula is C14H16N4OSe. The van der Waals surface area contributed by atoms with Crippen molar-refractivity contribution < 1.29 is 4.79 Å². The van der Waals surface area contributed by atoms with Gasteiger partial charge in [0.2, 0.25) is 0 Å². The summed E-state index contributed by atoms with van der Waals surface area (Å²) in [6, 6.07) is 5.75. The Morgan fingerprint density at radius 3 is 3.25 bits per heavy atom. The third kappa shape index (κ3) is 1.99. The van der Waals surface area contributed by atoms with E-state index in [0.717, 1.165) is 23.6 Å². The summed E-state index contributed by atoms with van der Waals surface area (Å²) in [6.45, 7) is 0.985. The molecule has 2 fully saturated rings. The zero-order valence-corrected chi connectivity index (χ0v) is 12.7. The van der Waals surface area contributed by atoms with E-state index in [1.54, 1.807) is 0 Å². The average molecular weight is 335 g/mol. The van der Waals surface area contributed by atoms with Crippen molar-refractivity contribution in [1.29, 1.82) is 0 Å². The maximum atomic E-state index is 12.5. The molecule has 1 saturated carbocycles. The van der Waals surface area contributed by atoms with Crippen LogP contribution >= 0.6 is 0 Å². The molecule has 6 heteroatoms. The van der Waals surface area contributed by atoms with Crippen LogP contribution in [-0.2, 0) is 4.79 Å². The number of amides is 1. The minimum absolute atomic E-state index is 0.0396. The third-order valence-electron chi connectivity index (χ3n) is 4.57. The standard InChI is InChI=1S/C14H16N4OSe/c19-14(12-9-4-1-3-8(9)7-15-12)16-10-5-2-6-11-13(10)18-20-17-11/h2,5-6,8-9,12,15H,1,3-4,7H2,(H,16,19). The normalized spacial score (nSPS) is 29.9. The van der Waals surface area contributed by atoms with E-state index in [4.69, 9.17) is 0 Å². The van der Waals surface area contributed by atoms with Gasteiger partial charge in [0.05, 0.1) is 0 Å². The van der Waals surface area contributed by atoms with Crippen molar-refractivity contribution in [2.75, 3.05) is 11.9 Å². The van der Waals surface area contributed by atoms with Crippen LogP contribution in [0.5, 0.6) is 0 Å². The zero-order valence-electron chi connectivity index (χ0n) is 11.0. The first kappa shape index (κ1) is 12.5. The summed E-state index contributed by atoms with van der Waals surface area (Å²) in [5.74, 6) is 1.29. The average Bonchev–Trinajstić information content (AvgIpc) is 3.14. The van der Waals surface area contributed by atoms with Gasteiger partial charge in [-0.25, -0.2) is 0 Å². The second-order valence-electron chi connectivity index (χ2n) is 5.67. The second-order valence-corrected chi connectivity index (χ2v) is 6.78. The summed E-state index contributed by atoms with van der Waals surface area (Å²) in [7, 11) is 0. The zero-order chi connectivity index (χ0) is 13.5. The minimum atomic E-state index is -0.0642. The van der Waals surface area contributed by atoms with Crippen LogP contribution in [0.4, 0.5) is 17.1 Å². The molecule has 1 aromatic rings. The van der Waals surface area contributed by atoms with Crippen molar-refractivity contribution in [2.45, 2.75) is 25.3 Å². The van der Waals surface area contributed by atoms with Gasteiger partial charge in [-0.05, 0) is 0 Å². The third-order valence-corrected chi connectivity index (χ3v) is 5.71. The predicted octanol–water partition coefficient (Wildman–Crippen LogP) is 2.36. The van der Waals surface area contributed by atoms with Crippen LogP contribution in [0.25, 0.3) is 0 Å². The summed E-state index contributed by atoms with van der Waals surface area (Å²) < 4.78 is 8.75. The van der Waals surface area contributed by atoms with Crippen LogP contribution in [0.3, 0.4) is 0 Å². The van der Waals surface area contributed by atoms with Gasteiger partial charge in [0.15, 0.2) is 0 Å². The molecule has 1 amide bonds. The van der Waals surface area contributed by atoms with Crippen LogP contribution in [0.15, 0.2) is 26.1 Å². The number of benzene rings is 1. The number of fused-ring (bicyclic) bond motifs is 2. The Morgan fingerprint density at radius 2 is 2.30 bits per heavy atom. The molecule has 4 rings (SSSR count). The SMILES string of the molecule is O=C(Nc1cccc2c1N=[Se]=N2)C1NCC2CCCC21. The molecule has 3 atom stereocenters. The molecule has 20 heavy (non-hydrogen) atoms. The molecule has 2 heterocycles. The number of hydrogen-bond acceptors (Lipinski definition) is 4. The summed E-state index contributed by atoms with van der Waals surface area (Å²) in [5, 5.41) is 6.44. The van der Waals surface area contributed by atoms with Crippen LogP contribution in [0, 0.1) is 11.8 Å². The van der Waals surface area contributed by atoms with Gasteiger partial charge in [-0.15, -0.1) is 0 Å². The fourth-order valence-electron chi connectivity index (χ4n) is 3.59. The van der Waals surface area contributed by atoms with E-state index in [0.29, 0.717) is 11.8 Å². The summed E-state index contributed by atoms with van der Waals surface area (Å²) >= 11 is -0.0642. The predicted molar refractivity (Wildman–Crippen MR) is 77.6 cm³/mol. The van der Waals surface area contributed by atoms with E-state index >= 15 is 0 Å². The van der Waals surface area contributed by atoms with Crippen molar-refractivity contribution in [3.05, 3.63) is 18.2 Å². The first-order valence-electron chi connectivity index (χ1n) is 7.08. The van der Waals surface area contributed by atoms with Crippen LogP contribution in [-0.4, -0.2) is 33.1 Å². The molecule has 1 aromatic carbocycles. The second kappa shape index (κ2) is 4.95. The Balaban J connectivity index is 1.54. The molecule has 0 spiro atoms. The van der Waals surface area contributed by atoms with E-state index in [9.17, 15) is 4.79 Å². The molecule has 2 aliphatic heterocycles. The van der Waals surface area contributed by atoms with Gasteiger partial charge in [-0.1, -0.05) is 0 Å². The van der Waals surface area contributed by atoms with Crippen LogP contribution < -0.4 is 10.6 Å². The molecule has 2 N–H and O–H groups in total. The molecule has 1 saturated heterocycles. The first-order chi connectivity index (χ1) is 9.83. The Hall–Kier alpha value is -1.23. The Morgan fingerprint density at radius 1 is 1.35 bits per heavy atom. The van der Waals surface area contributed by atoms with Crippen molar-refractivity contribution >= 4 is 37.5 Å². The van der Waals surface area contributed by atoms with Gasteiger partial charge in [-0.2, -0.15) is 0 Å². The molecule has 0 bridgehead atoms. The number of carbonyl (C=O) groups is 1. The molecule has 3 aliphatic rings. The van der Waals surface area contributed by atoms with Gasteiger partial charge in [-0.3, -0.25) is 0 Å². The van der Waals surface area contributed by atoms with Crippen LogP contribution in [0.2, 0.25) is 0 Å². The Bertz CT molecular complexity index is 638. The quantitative estimate of drug-likeness (QED) is 0.828. The molecular weight excluding hydrogens is 319 g/mol. The van der Waals surface area contributed by atoms with Crippen molar-refractivity contribution in [2.24, 2.45) is 19.8 Å². The summed E-state index contributed by atoms with van der Waals surface area (Å²) in [6.07, 6.45) is 3.70. The van der Waals surface area contributed by atoms with Gasteiger partial charge >= 0.3 is 123 Å². The number of carbonyl (C=O) groups excluding carboxylic acids is 1. The van der Waals surface area contributed by atoms with E-state index in [1.807, 2.05) is 18.2 Å². The van der Waals surface area contributed by atoms with Crippen molar-refractivity contribution in [3.63, 3.8) is 0 Å². The van der Waals surface area contributed by atoms with Gasteiger partial charge in [0, 0.05) is 0 Å². The maximum absolute atomic E-state index is 12.5. The van der Waals surface area contributed by atoms with Gasteiger partial charge < -0.3 is 0 Å². The number of anilines is 1. The Kier molecular flexibility index (Phi) is 3.10. The fraction of sp³-hybridized carbons (Fsp3) is 0.500. The molecule has 104 valence electrons. The van der Waals surface area contributed by atoms with Crippen molar-refractivity contribution in [1.82, 2.24) is 5.32 Å². The fourth-order valence-corrected chi connectivity index (χ4v) is 4.75. The van der Waals surface area contributed by atoms with Crippen molar-refractivity contribution in [3.8, 4) is 0 Å². The number of nitrogens with zero attached hydrogens (tertiary/aromatic N) is 2. The monoisotopic (exact) mass is 336 g/mol. The first-order valence-corrected chi connectivity index (χ1v) is 8.62. The van der Waals surface area contributed by atoms with E-state index in [1.165, 1.54) is 19.3 Å². The van der Waals surface area contributed by atoms with E-state index in [2.05, 4.69) is 18.6 Å². The summed E-state index contributed by atoms with van der Waals surface area (Å²) in [5.41, 5.74) is 2.56. The van der Waals surface area contributed by atoms with Gasteiger partial charge in [0.1, 0.15) is 0 Å². The number of rotatable bonds is 2. The molecule has 0 radical (unpaired) electrons. The Labute approximate surface area is 123 Å². The number of nitrogens with one attached hydrogen (secondary N) is 2. The number of hydrogen-bond donors (Lipinski definition) is 2. The summed E-state index contributed by atoms with van der Waals surface area (Å²) in [4.78, 5) is 12.5. The topological polar surface area (TPSA) is 65.8 Å². The van der Waals surface area contributed by atoms with Crippen LogP contribution in [0.1, 0.15) is 19.3 Å². The van der Waals surface area contributed by atoms with Gasteiger partial charge in [0.25, 0.3) is 0 Å². The van der Waals surface area contributed by atoms with E-state index < -0.39 is 0 Å². The molecule has 0 aromatic heterocycles. The van der Waals surface area contributed by atoms with E-state index in [-0.39, 0.29) is 26.5 Å². The molecule has 5 nitrogen and oxygen atoms in total. The molecule has 3 unspecified atom stereocenters. The molecule has 1 aliphatic carbocycles.